The molecule has 10 heteroatoms. The molecule has 10 nitrogen and oxygen atoms in total. The van der Waals surface area contributed by atoms with Crippen molar-refractivity contribution in [2.24, 2.45) is 0 Å². The Kier molecular flexibility index (Phi) is 7.58. The van der Waals surface area contributed by atoms with Crippen LogP contribution in [0.3, 0.4) is 0 Å². The van der Waals surface area contributed by atoms with Gasteiger partial charge in [-0.1, -0.05) is 65.9 Å². The summed E-state index contributed by atoms with van der Waals surface area (Å²) in [6.45, 7) is 0. The third-order valence-electron chi connectivity index (χ3n) is 7.90. The topological polar surface area (TPSA) is 163 Å². The summed E-state index contributed by atoms with van der Waals surface area (Å²) in [6, 6.07) is 31.3. The summed E-state index contributed by atoms with van der Waals surface area (Å²) in [5.41, 5.74) is 4.21. The lowest BCUT2D eigenvalue weighted by molar-refractivity contribution is 0.516. The van der Waals surface area contributed by atoms with Gasteiger partial charge in [-0.05, 0) is 42.5 Å². The molecule has 0 bridgehead atoms. The van der Waals surface area contributed by atoms with Crippen molar-refractivity contribution in [1.82, 2.24) is 20.0 Å². The minimum atomic E-state index is -0.656. The maximum atomic E-state index is 10.1. The Morgan fingerprint density at radius 3 is 2.25 bits per heavy atom. The van der Waals surface area contributed by atoms with Crippen molar-refractivity contribution >= 4 is 22.3 Å². The molecule has 1 fully saturated rings. The zero-order valence-electron chi connectivity index (χ0n) is 23.6. The number of anilines is 2. The molecule has 1 aliphatic rings. The van der Waals surface area contributed by atoms with Crippen molar-refractivity contribution in [3.05, 3.63) is 113 Å². The molecule has 1 saturated carbocycles. The Morgan fingerprint density at radius 1 is 0.886 bits per heavy atom. The van der Waals surface area contributed by atoms with Crippen LogP contribution in [0.2, 0.25) is 0 Å². The molecule has 44 heavy (non-hydrogen) atoms. The number of rotatable bonds is 10. The Balaban J connectivity index is 1.47. The molecule has 3 aromatic carbocycles. The number of nitrogens with zero attached hydrogens (tertiary/aromatic N) is 8. The normalized spacial score (nSPS) is 14.3. The van der Waals surface area contributed by atoms with E-state index in [1.807, 2.05) is 60.7 Å². The number of hydrogen-bond donors (Lipinski definition) is 2. The molecule has 0 radical (unpaired) electrons. The summed E-state index contributed by atoms with van der Waals surface area (Å²) < 4.78 is 1.63. The number of pyridine rings is 1. The number of aromatic nitrogens is 4. The van der Waals surface area contributed by atoms with Gasteiger partial charge in [0, 0.05) is 18.0 Å². The molecule has 0 saturated heterocycles. The van der Waals surface area contributed by atoms with Gasteiger partial charge in [0.15, 0.2) is 5.54 Å². The van der Waals surface area contributed by atoms with Gasteiger partial charge < -0.3 is 10.6 Å². The quantitative estimate of drug-likeness (QED) is 0.196. The number of nitriles is 4. The SMILES string of the molecule is N#CCC[C@@H](Nc1c(C#N)cnc2c(N[C@@H](c3ccccc3)c3cn(C4(C#N)CC4)nn3)cc(C#N)cc12)c1ccccc1. The van der Waals surface area contributed by atoms with Crippen LogP contribution >= 0.6 is 0 Å². The summed E-state index contributed by atoms with van der Waals surface area (Å²) in [5.74, 6) is 0. The summed E-state index contributed by atoms with van der Waals surface area (Å²) in [6.07, 6.45) is 5.61. The molecule has 2 aromatic heterocycles. The highest BCUT2D eigenvalue weighted by molar-refractivity contribution is 6.01. The average molecular weight is 575 g/mol. The Labute approximate surface area is 254 Å². The minimum absolute atomic E-state index is 0.252. The van der Waals surface area contributed by atoms with Crippen LogP contribution in [-0.2, 0) is 5.54 Å². The van der Waals surface area contributed by atoms with Crippen LogP contribution in [-0.4, -0.2) is 20.0 Å². The van der Waals surface area contributed by atoms with Crippen LogP contribution < -0.4 is 10.6 Å². The molecule has 0 aliphatic heterocycles. The summed E-state index contributed by atoms with van der Waals surface area (Å²) in [7, 11) is 0. The summed E-state index contributed by atoms with van der Waals surface area (Å²) in [4.78, 5) is 4.67. The van der Waals surface area contributed by atoms with Gasteiger partial charge in [0.25, 0.3) is 0 Å². The van der Waals surface area contributed by atoms with Crippen molar-refractivity contribution in [2.45, 2.75) is 43.3 Å². The van der Waals surface area contributed by atoms with Gasteiger partial charge in [0.1, 0.15) is 11.8 Å². The molecule has 2 atom stereocenters. The first-order valence-electron chi connectivity index (χ1n) is 14.2. The second-order valence-corrected chi connectivity index (χ2v) is 10.7. The average Bonchev–Trinajstić information content (AvgIpc) is 3.73. The Hall–Kier alpha value is -6.23. The van der Waals surface area contributed by atoms with Gasteiger partial charge >= 0.3 is 0 Å². The molecule has 1 aliphatic carbocycles. The van der Waals surface area contributed by atoms with E-state index < -0.39 is 11.6 Å². The van der Waals surface area contributed by atoms with Crippen molar-refractivity contribution in [3.63, 3.8) is 0 Å². The molecular weight excluding hydrogens is 548 g/mol. The lowest BCUT2D eigenvalue weighted by atomic mass is 9.99. The maximum Gasteiger partial charge on any atom is 0.150 e. The number of fused-ring (bicyclic) bond motifs is 1. The number of benzene rings is 3. The molecule has 0 amide bonds. The molecule has 6 rings (SSSR count). The van der Waals surface area contributed by atoms with Gasteiger partial charge in [-0.15, -0.1) is 5.10 Å². The number of nitrogens with one attached hydrogen (secondary N) is 2. The lowest BCUT2D eigenvalue weighted by Crippen LogP contribution is -2.16. The third-order valence-corrected chi connectivity index (χ3v) is 7.90. The van der Waals surface area contributed by atoms with E-state index in [9.17, 15) is 21.0 Å². The fourth-order valence-electron chi connectivity index (χ4n) is 5.37. The van der Waals surface area contributed by atoms with Crippen LogP contribution in [0.1, 0.15) is 65.7 Å². The van der Waals surface area contributed by atoms with Crippen LogP contribution in [0.4, 0.5) is 11.4 Å². The van der Waals surface area contributed by atoms with Crippen LogP contribution in [0.25, 0.3) is 10.9 Å². The molecule has 5 aromatic rings. The fraction of sp³-hybridized carbons (Fsp3) is 0.206. The van der Waals surface area contributed by atoms with Gasteiger partial charge in [0.2, 0.25) is 0 Å². The highest BCUT2D eigenvalue weighted by Gasteiger charge is 2.46. The Bertz CT molecular complexity index is 1980. The van der Waals surface area contributed by atoms with Crippen LogP contribution in [0, 0.1) is 45.3 Å². The molecule has 0 spiro atoms. The molecule has 2 N–H and O–H groups in total. The smallest absolute Gasteiger partial charge is 0.150 e. The first-order valence-corrected chi connectivity index (χ1v) is 14.2. The largest absolute Gasteiger partial charge is 0.377 e. The zero-order chi connectivity index (χ0) is 30.5. The van der Waals surface area contributed by atoms with Gasteiger partial charge in [-0.2, -0.15) is 21.0 Å². The highest BCUT2D eigenvalue weighted by Crippen LogP contribution is 2.43. The number of hydrogen-bond acceptors (Lipinski definition) is 9. The van der Waals surface area contributed by atoms with Gasteiger partial charge in [-0.25, -0.2) is 4.68 Å². The highest BCUT2D eigenvalue weighted by atomic mass is 15.5. The van der Waals surface area contributed by atoms with Gasteiger partial charge in [-0.3, -0.25) is 4.98 Å². The molecule has 2 heterocycles. The van der Waals surface area contributed by atoms with Crippen LogP contribution in [0.5, 0.6) is 0 Å². The monoisotopic (exact) mass is 574 g/mol. The molecule has 212 valence electrons. The second kappa shape index (κ2) is 11.9. The summed E-state index contributed by atoms with van der Waals surface area (Å²) in [5, 5.41) is 55.5. The van der Waals surface area contributed by atoms with E-state index >= 15 is 0 Å². The van der Waals surface area contributed by atoms with E-state index in [0.717, 1.165) is 24.0 Å². The van der Waals surface area contributed by atoms with Crippen LogP contribution in [0.15, 0.2) is 85.2 Å². The van der Waals surface area contributed by atoms with Crippen molar-refractivity contribution < 1.29 is 0 Å². The third kappa shape index (κ3) is 5.37. The van der Waals surface area contributed by atoms with Crippen molar-refractivity contribution in [1.29, 1.82) is 21.0 Å². The summed E-state index contributed by atoms with van der Waals surface area (Å²) >= 11 is 0. The first kappa shape index (κ1) is 27.9. The standard InChI is InChI=1S/C34H26N10/c35-15-7-12-28(24-8-3-1-4-9-24)40-31-26(19-37)20-39-33-27(31)16-23(18-36)17-29(33)41-32(25-10-5-2-6-11-25)30-21-44(43-42-30)34(22-38)13-14-34/h1-6,8-11,16-17,20-21,28,32,41H,7,12-14H2,(H,39,40)/t28-,32+/m1/s1. The second-order valence-electron chi connectivity index (χ2n) is 10.7. The first-order chi connectivity index (χ1) is 21.6. The fourth-order valence-corrected chi connectivity index (χ4v) is 5.37. The van der Waals surface area contributed by atoms with Crippen molar-refractivity contribution in [3.8, 4) is 24.3 Å². The van der Waals surface area contributed by atoms with E-state index in [-0.39, 0.29) is 6.04 Å². The van der Waals surface area contributed by atoms with Crippen molar-refractivity contribution in [2.75, 3.05) is 10.6 Å². The molecular formula is C34H26N10. The Morgan fingerprint density at radius 2 is 1.61 bits per heavy atom. The zero-order valence-corrected chi connectivity index (χ0v) is 23.6. The predicted molar refractivity (Wildman–Crippen MR) is 164 cm³/mol. The van der Waals surface area contributed by atoms with E-state index in [1.54, 1.807) is 23.0 Å². The minimum Gasteiger partial charge on any atom is -0.377 e. The lowest BCUT2D eigenvalue weighted by Gasteiger charge is -2.23. The predicted octanol–water partition coefficient (Wildman–Crippen LogP) is 6.24. The van der Waals surface area contributed by atoms with E-state index in [0.29, 0.717) is 51.9 Å². The van der Waals surface area contributed by atoms with E-state index in [2.05, 4.69) is 50.2 Å². The molecule has 0 unspecified atom stereocenters. The van der Waals surface area contributed by atoms with Gasteiger partial charge in [0.05, 0.1) is 64.5 Å². The maximum absolute atomic E-state index is 10.1. The van der Waals surface area contributed by atoms with E-state index in [1.165, 1.54) is 6.20 Å². The van der Waals surface area contributed by atoms with E-state index in [4.69, 9.17) is 0 Å².